The number of allylic oxidation sites excluding steroid dienone is 1. The second-order valence-electron chi connectivity index (χ2n) is 4.79. The molecule has 1 aliphatic rings. The molecular formula is C12H20O. The number of hydrogen-bond acceptors (Lipinski definition) is 1. The Morgan fingerprint density at radius 3 is 2.77 bits per heavy atom. The maximum Gasteiger partial charge on any atom is 0.126 e. The first kappa shape index (κ1) is 10.5. The van der Waals surface area contributed by atoms with Gasteiger partial charge in [-0.3, -0.25) is 0 Å². The molecule has 1 saturated carbocycles. The van der Waals surface area contributed by atoms with Gasteiger partial charge in [-0.15, -0.1) is 6.58 Å². The lowest BCUT2D eigenvalue weighted by Gasteiger charge is -2.21. The van der Waals surface area contributed by atoms with Gasteiger partial charge in [0.2, 0.25) is 0 Å². The Labute approximate surface area is 81.2 Å². The minimum atomic E-state index is -0.00162. The maximum atomic E-state index is 11.1. The van der Waals surface area contributed by atoms with Crippen LogP contribution in [0.4, 0.5) is 0 Å². The van der Waals surface area contributed by atoms with E-state index in [9.17, 15) is 4.79 Å². The van der Waals surface area contributed by atoms with Gasteiger partial charge in [-0.05, 0) is 44.9 Å². The van der Waals surface area contributed by atoms with Crippen LogP contribution in [0.25, 0.3) is 0 Å². The summed E-state index contributed by atoms with van der Waals surface area (Å²) in [6.45, 7) is 8.17. The molecule has 0 bridgehead atoms. The quantitative estimate of drug-likeness (QED) is 0.479. The van der Waals surface area contributed by atoms with Crippen molar-refractivity contribution in [3.8, 4) is 0 Å². The fourth-order valence-corrected chi connectivity index (χ4v) is 2.29. The van der Waals surface area contributed by atoms with Gasteiger partial charge in [0.15, 0.2) is 0 Å². The van der Waals surface area contributed by atoms with Crippen molar-refractivity contribution in [3.63, 3.8) is 0 Å². The first-order chi connectivity index (χ1) is 6.08. The molecule has 0 aromatic heterocycles. The van der Waals surface area contributed by atoms with Crippen molar-refractivity contribution in [2.45, 2.75) is 46.0 Å². The lowest BCUT2D eigenvalue weighted by molar-refractivity contribution is -0.116. The highest BCUT2D eigenvalue weighted by Gasteiger charge is 2.36. The van der Waals surface area contributed by atoms with Gasteiger partial charge in [-0.25, -0.2) is 0 Å². The zero-order valence-corrected chi connectivity index (χ0v) is 8.81. The average molecular weight is 180 g/mol. The van der Waals surface area contributed by atoms with Gasteiger partial charge in [-0.2, -0.15) is 0 Å². The van der Waals surface area contributed by atoms with Crippen LogP contribution in [-0.2, 0) is 4.79 Å². The Bertz CT molecular complexity index is 207. The highest BCUT2D eigenvalue weighted by Crippen LogP contribution is 2.43. The molecule has 74 valence electrons. The molecular weight excluding hydrogens is 160 g/mol. The molecule has 0 amide bonds. The molecule has 0 aliphatic heterocycles. The maximum absolute atomic E-state index is 11.1. The molecule has 2 atom stereocenters. The molecule has 1 rings (SSSR count). The van der Waals surface area contributed by atoms with Gasteiger partial charge in [0.1, 0.15) is 6.29 Å². The van der Waals surface area contributed by atoms with Crippen molar-refractivity contribution >= 4 is 6.29 Å². The molecule has 0 aromatic rings. The van der Waals surface area contributed by atoms with Gasteiger partial charge in [0.05, 0.1) is 0 Å². The molecule has 1 heteroatoms. The molecule has 2 unspecified atom stereocenters. The first-order valence-electron chi connectivity index (χ1n) is 5.19. The summed E-state index contributed by atoms with van der Waals surface area (Å²) in [5.41, 5.74) is 1.19. The topological polar surface area (TPSA) is 17.1 Å². The molecule has 0 aromatic carbocycles. The van der Waals surface area contributed by atoms with Crippen molar-refractivity contribution in [2.24, 2.45) is 11.3 Å². The van der Waals surface area contributed by atoms with Gasteiger partial charge in [0, 0.05) is 5.41 Å². The number of aldehydes is 1. The molecule has 13 heavy (non-hydrogen) atoms. The van der Waals surface area contributed by atoms with Crippen molar-refractivity contribution in [2.75, 3.05) is 0 Å². The van der Waals surface area contributed by atoms with Gasteiger partial charge < -0.3 is 4.79 Å². The van der Waals surface area contributed by atoms with Crippen LogP contribution in [0.5, 0.6) is 0 Å². The predicted octanol–water partition coefficient (Wildman–Crippen LogP) is 3.35. The van der Waals surface area contributed by atoms with E-state index >= 15 is 0 Å². The van der Waals surface area contributed by atoms with E-state index < -0.39 is 0 Å². The monoisotopic (exact) mass is 180 g/mol. The Morgan fingerprint density at radius 1 is 1.69 bits per heavy atom. The largest absolute Gasteiger partial charge is 0.303 e. The Hall–Kier alpha value is -0.590. The van der Waals surface area contributed by atoms with E-state index in [2.05, 4.69) is 13.5 Å². The summed E-state index contributed by atoms with van der Waals surface area (Å²) >= 11 is 0. The minimum absolute atomic E-state index is 0.00162. The summed E-state index contributed by atoms with van der Waals surface area (Å²) in [5, 5.41) is 0. The van der Waals surface area contributed by atoms with E-state index in [4.69, 9.17) is 0 Å². The van der Waals surface area contributed by atoms with E-state index in [1.165, 1.54) is 18.3 Å². The average Bonchev–Trinajstić information content (AvgIpc) is 2.45. The molecule has 0 N–H and O–H groups in total. The zero-order valence-electron chi connectivity index (χ0n) is 8.81. The fraction of sp³-hybridized carbons (Fsp3) is 0.750. The lowest BCUT2D eigenvalue weighted by atomic mass is 9.81. The van der Waals surface area contributed by atoms with Gasteiger partial charge in [0.25, 0.3) is 0 Å². The number of hydrogen-bond donors (Lipinski definition) is 0. The third-order valence-corrected chi connectivity index (χ3v) is 3.19. The molecule has 1 aliphatic carbocycles. The van der Waals surface area contributed by atoms with Gasteiger partial charge >= 0.3 is 0 Å². The van der Waals surface area contributed by atoms with Crippen molar-refractivity contribution in [1.82, 2.24) is 0 Å². The molecule has 0 saturated heterocycles. The van der Waals surface area contributed by atoms with Gasteiger partial charge in [-0.1, -0.05) is 12.5 Å². The van der Waals surface area contributed by atoms with E-state index in [1.807, 2.05) is 6.92 Å². The minimum Gasteiger partial charge on any atom is -0.303 e. The van der Waals surface area contributed by atoms with Crippen LogP contribution < -0.4 is 0 Å². The SMILES string of the molecule is C=C(C)CCC1(C=O)CCC(C)C1. The standard InChI is InChI=1S/C12H20O/c1-10(2)4-6-12(9-13)7-5-11(3)8-12/h9,11H,1,4-8H2,2-3H3. The summed E-state index contributed by atoms with van der Waals surface area (Å²) in [5.74, 6) is 0.732. The van der Waals surface area contributed by atoms with Crippen molar-refractivity contribution in [1.29, 1.82) is 0 Å². The van der Waals surface area contributed by atoms with Crippen LogP contribution in [0, 0.1) is 11.3 Å². The summed E-state index contributed by atoms with van der Waals surface area (Å²) in [6.07, 6.45) is 6.60. The molecule has 1 nitrogen and oxygen atoms in total. The third kappa shape index (κ3) is 2.68. The summed E-state index contributed by atoms with van der Waals surface area (Å²) in [6, 6.07) is 0. The normalized spacial score (nSPS) is 33.2. The Balaban J connectivity index is 2.50. The molecule has 0 spiro atoms. The van der Waals surface area contributed by atoms with Crippen LogP contribution in [0.2, 0.25) is 0 Å². The van der Waals surface area contributed by atoms with Crippen molar-refractivity contribution < 1.29 is 4.79 Å². The van der Waals surface area contributed by atoms with Crippen LogP contribution >= 0.6 is 0 Å². The fourth-order valence-electron chi connectivity index (χ4n) is 2.29. The van der Waals surface area contributed by atoms with Crippen LogP contribution in [0.3, 0.4) is 0 Å². The van der Waals surface area contributed by atoms with E-state index in [0.717, 1.165) is 31.6 Å². The molecule has 0 radical (unpaired) electrons. The summed E-state index contributed by atoms with van der Waals surface area (Å²) in [7, 11) is 0. The van der Waals surface area contributed by atoms with E-state index in [0.29, 0.717) is 0 Å². The molecule has 1 fully saturated rings. The van der Waals surface area contributed by atoms with E-state index in [-0.39, 0.29) is 5.41 Å². The highest BCUT2D eigenvalue weighted by atomic mass is 16.1. The first-order valence-corrected chi connectivity index (χ1v) is 5.19. The predicted molar refractivity (Wildman–Crippen MR) is 55.6 cm³/mol. The number of carbonyl (C=O) groups is 1. The Morgan fingerprint density at radius 2 is 2.38 bits per heavy atom. The lowest BCUT2D eigenvalue weighted by Crippen LogP contribution is -2.18. The molecule has 0 heterocycles. The van der Waals surface area contributed by atoms with Crippen LogP contribution in [0.15, 0.2) is 12.2 Å². The second-order valence-corrected chi connectivity index (χ2v) is 4.79. The van der Waals surface area contributed by atoms with E-state index in [1.54, 1.807) is 0 Å². The van der Waals surface area contributed by atoms with Crippen LogP contribution in [0.1, 0.15) is 46.0 Å². The summed E-state index contributed by atoms with van der Waals surface area (Å²) in [4.78, 5) is 11.1. The highest BCUT2D eigenvalue weighted by molar-refractivity contribution is 5.60. The van der Waals surface area contributed by atoms with Crippen molar-refractivity contribution in [3.05, 3.63) is 12.2 Å². The second kappa shape index (κ2) is 4.08. The Kier molecular flexibility index (Phi) is 3.29. The smallest absolute Gasteiger partial charge is 0.126 e. The van der Waals surface area contributed by atoms with Crippen LogP contribution in [-0.4, -0.2) is 6.29 Å². The zero-order chi connectivity index (χ0) is 9.90. The number of rotatable bonds is 4. The third-order valence-electron chi connectivity index (χ3n) is 3.19. The number of carbonyl (C=O) groups excluding carboxylic acids is 1. The summed E-state index contributed by atoms with van der Waals surface area (Å²) < 4.78 is 0.